The zero-order chi connectivity index (χ0) is 14.3. The molecule has 0 spiro atoms. The maximum absolute atomic E-state index is 5.18. The van der Waals surface area contributed by atoms with E-state index in [9.17, 15) is 0 Å². The third-order valence-electron chi connectivity index (χ3n) is 4.53. The Morgan fingerprint density at radius 1 is 1.26 bits per heavy atom. The topological polar surface area (TPSA) is 24.5 Å². The van der Waals surface area contributed by atoms with Crippen LogP contribution < -0.4 is 5.32 Å². The molecule has 0 bridgehead atoms. The van der Waals surface area contributed by atoms with Crippen LogP contribution in [0.2, 0.25) is 0 Å². The molecule has 0 radical (unpaired) electrons. The van der Waals surface area contributed by atoms with Crippen molar-refractivity contribution in [3.63, 3.8) is 0 Å². The van der Waals surface area contributed by atoms with E-state index in [2.05, 4.69) is 38.0 Å². The van der Waals surface area contributed by atoms with Gasteiger partial charge in [0.15, 0.2) is 0 Å². The van der Waals surface area contributed by atoms with Gasteiger partial charge in [0.05, 0.1) is 6.61 Å². The fourth-order valence-electron chi connectivity index (χ4n) is 3.48. The van der Waals surface area contributed by atoms with Gasteiger partial charge in [0.25, 0.3) is 0 Å². The maximum atomic E-state index is 5.18. The van der Waals surface area contributed by atoms with Gasteiger partial charge in [-0.05, 0) is 50.6 Å². The van der Waals surface area contributed by atoms with Crippen molar-refractivity contribution < 1.29 is 4.74 Å². The predicted molar refractivity (Wildman–Crippen MR) is 82.5 cm³/mol. The molecule has 0 aromatic carbocycles. The lowest BCUT2D eigenvalue weighted by Crippen LogP contribution is -2.49. The molecule has 1 fully saturated rings. The third kappa shape index (κ3) is 5.80. The van der Waals surface area contributed by atoms with Crippen LogP contribution in [0.1, 0.15) is 40.0 Å². The lowest BCUT2D eigenvalue weighted by atomic mass is 9.72. The molecule has 1 aliphatic rings. The number of methoxy groups -OCH3 is 1. The van der Waals surface area contributed by atoms with Crippen LogP contribution in [-0.4, -0.2) is 51.3 Å². The van der Waals surface area contributed by atoms with Gasteiger partial charge in [-0.3, -0.25) is 0 Å². The van der Waals surface area contributed by atoms with Crippen LogP contribution >= 0.6 is 0 Å². The summed E-state index contributed by atoms with van der Waals surface area (Å²) in [6, 6.07) is 0.698. The Kier molecular flexibility index (Phi) is 7.96. The zero-order valence-electron chi connectivity index (χ0n) is 13.6. The fraction of sp³-hybridized carbons (Fsp3) is 1.00. The number of likely N-dealkylation sites (N-methyl/N-ethyl adjacent to an activating group) is 1. The molecule has 4 unspecified atom stereocenters. The molecule has 0 aliphatic heterocycles. The van der Waals surface area contributed by atoms with Crippen LogP contribution in [0.5, 0.6) is 0 Å². The summed E-state index contributed by atoms with van der Waals surface area (Å²) in [5, 5.41) is 3.79. The van der Waals surface area contributed by atoms with E-state index in [1.165, 1.54) is 25.8 Å². The molecular weight excluding hydrogens is 236 g/mol. The van der Waals surface area contributed by atoms with Crippen molar-refractivity contribution >= 4 is 0 Å². The normalized spacial score (nSPS) is 31.9. The smallest absolute Gasteiger partial charge is 0.0589 e. The quantitative estimate of drug-likeness (QED) is 0.734. The molecular formula is C16H34N2O. The highest BCUT2D eigenvalue weighted by Crippen LogP contribution is 2.34. The monoisotopic (exact) mass is 270 g/mol. The lowest BCUT2D eigenvalue weighted by molar-refractivity contribution is 0.0947. The summed E-state index contributed by atoms with van der Waals surface area (Å²) in [6.07, 6.45) is 3.95. The van der Waals surface area contributed by atoms with Gasteiger partial charge in [0.1, 0.15) is 0 Å². The van der Waals surface area contributed by atoms with Crippen molar-refractivity contribution in [2.75, 3.05) is 40.4 Å². The molecule has 4 atom stereocenters. The number of hydrogen-bond donors (Lipinski definition) is 1. The van der Waals surface area contributed by atoms with Crippen LogP contribution in [0.25, 0.3) is 0 Å². The summed E-state index contributed by atoms with van der Waals surface area (Å²) in [5.41, 5.74) is 0. The van der Waals surface area contributed by atoms with Gasteiger partial charge in [-0.25, -0.2) is 0 Å². The first-order chi connectivity index (χ1) is 9.08. The maximum Gasteiger partial charge on any atom is 0.0589 e. The molecule has 0 saturated heterocycles. The van der Waals surface area contributed by atoms with Crippen molar-refractivity contribution in [3.05, 3.63) is 0 Å². The van der Waals surface area contributed by atoms with Crippen molar-refractivity contribution in [2.24, 2.45) is 17.8 Å². The van der Waals surface area contributed by atoms with E-state index in [0.29, 0.717) is 6.04 Å². The molecule has 1 rings (SSSR count). The average molecular weight is 270 g/mol. The highest BCUT2D eigenvalue weighted by atomic mass is 16.5. The summed E-state index contributed by atoms with van der Waals surface area (Å²) in [4.78, 5) is 2.43. The molecule has 0 aromatic rings. The van der Waals surface area contributed by atoms with Crippen molar-refractivity contribution in [1.82, 2.24) is 10.2 Å². The Bertz CT molecular complexity index is 235. The SMILES string of the molecule is CCCNC1CC(C)CC(C)C1CN(C)CCOC. The van der Waals surface area contributed by atoms with E-state index >= 15 is 0 Å². The van der Waals surface area contributed by atoms with E-state index in [1.54, 1.807) is 7.11 Å². The summed E-state index contributed by atoms with van der Waals surface area (Å²) < 4.78 is 5.18. The molecule has 19 heavy (non-hydrogen) atoms. The Morgan fingerprint density at radius 2 is 2.00 bits per heavy atom. The zero-order valence-corrected chi connectivity index (χ0v) is 13.6. The van der Waals surface area contributed by atoms with Crippen LogP contribution in [0.3, 0.4) is 0 Å². The minimum Gasteiger partial charge on any atom is -0.383 e. The molecule has 1 N–H and O–H groups in total. The Balaban J connectivity index is 2.52. The standard InChI is InChI=1S/C16H34N2O/c1-6-7-17-16-11-13(2)10-14(3)15(16)12-18(4)8-9-19-5/h13-17H,6-12H2,1-5H3. The summed E-state index contributed by atoms with van der Waals surface area (Å²) in [5.74, 6) is 2.47. The predicted octanol–water partition coefficient (Wildman–Crippen LogP) is 2.62. The second-order valence-electron chi connectivity index (χ2n) is 6.53. The van der Waals surface area contributed by atoms with Gasteiger partial charge >= 0.3 is 0 Å². The Labute approximate surface area is 120 Å². The first kappa shape index (κ1) is 16.9. The first-order valence-electron chi connectivity index (χ1n) is 7.99. The van der Waals surface area contributed by atoms with Crippen LogP contribution in [0.4, 0.5) is 0 Å². The molecule has 1 aliphatic carbocycles. The highest BCUT2D eigenvalue weighted by molar-refractivity contribution is 4.89. The molecule has 3 nitrogen and oxygen atoms in total. The molecule has 1 saturated carbocycles. The average Bonchev–Trinajstić information content (AvgIpc) is 2.37. The number of nitrogens with zero attached hydrogens (tertiary/aromatic N) is 1. The van der Waals surface area contributed by atoms with Crippen LogP contribution in [0, 0.1) is 17.8 Å². The van der Waals surface area contributed by atoms with E-state index < -0.39 is 0 Å². The largest absolute Gasteiger partial charge is 0.383 e. The van der Waals surface area contributed by atoms with Gasteiger partial charge < -0.3 is 15.0 Å². The summed E-state index contributed by atoms with van der Waals surface area (Å²) in [6.45, 7) is 11.3. The highest BCUT2D eigenvalue weighted by Gasteiger charge is 2.33. The van der Waals surface area contributed by atoms with Gasteiger partial charge in [-0.2, -0.15) is 0 Å². The number of nitrogens with one attached hydrogen (secondary N) is 1. The van der Waals surface area contributed by atoms with Crippen LogP contribution in [-0.2, 0) is 4.74 Å². The molecule has 3 heteroatoms. The number of ether oxygens (including phenoxy) is 1. The van der Waals surface area contributed by atoms with Crippen molar-refractivity contribution in [3.8, 4) is 0 Å². The summed E-state index contributed by atoms with van der Waals surface area (Å²) in [7, 11) is 4.00. The fourth-order valence-corrected chi connectivity index (χ4v) is 3.48. The summed E-state index contributed by atoms with van der Waals surface area (Å²) >= 11 is 0. The Hall–Kier alpha value is -0.120. The molecule has 114 valence electrons. The number of hydrogen-bond acceptors (Lipinski definition) is 3. The number of rotatable bonds is 8. The van der Waals surface area contributed by atoms with Gasteiger partial charge in [0, 0.05) is 26.2 Å². The molecule has 0 amide bonds. The van der Waals surface area contributed by atoms with E-state index in [-0.39, 0.29) is 0 Å². The molecule has 0 aromatic heterocycles. The second-order valence-corrected chi connectivity index (χ2v) is 6.53. The van der Waals surface area contributed by atoms with Gasteiger partial charge in [-0.15, -0.1) is 0 Å². The minimum absolute atomic E-state index is 0.698. The minimum atomic E-state index is 0.698. The lowest BCUT2D eigenvalue weighted by Gasteiger charge is -2.42. The van der Waals surface area contributed by atoms with Gasteiger partial charge in [-0.1, -0.05) is 20.8 Å². The third-order valence-corrected chi connectivity index (χ3v) is 4.53. The second kappa shape index (κ2) is 8.93. The van der Waals surface area contributed by atoms with Gasteiger partial charge in [0.2, 0.25) is 0 Å². The Morgan fingerprint density at radius 3 is 2.63 bits per heavy atom. The van der Waals surface area contributed by atoms with E-state index in [0.717, 1.165) is 37.5 Å². The van der Waals surface area contributed by atoms with Crippen molar-refractivity contribution in [1.29, 1.82) is 0 Å². The van der Waals surface area contributed by atoms with Crippen molar-refractivity contribution in [2.45, 2.75) is 46.1 Å². The molecule has 0 heterocycles. The first-order valence-corrected chi connectivity index (χ1v) is 7.99. The van der Waals surface area contributed by atoms with E-state index in [1.807, 2.05) is 0 Å². The van der Waals surface area contributed by atoms with E-state index in [4.69, 9.17) is 4.74 Å². The van der Waals surface area contributed by atoms with Crippen LogP contribution in [0.15, 0.2) is 0 Å².